The van der Waals surface area contributed by atoms with Gasteiger partial charge in [0.1, 0.15) is 0 Å². The molecule has 0 N–H and O–H groups in total. The Balaban J connectivity index is 1.98. The lowest BCUT2D eigenvalue weighted by Gasteiger charge is -2.26. The van der Waals surface area contributed by atoms with Gasteiger partial charge in [0.15, 0.2) is 0 Å². The maximum atomic E-state index is 3.74. The van der Waals surface area contributed by atoms with E-state index in [4.69, 9.17) is 0 Å². The van der Waals surface area contributed by atoms with Crippen molar-refractivity contribution >= 4 is 31.9 Å². The van der Waals surface area contributed by atoms with Crippen LogP contribution in [0.4, 0.5) is 0 Å². The molecule has 0 aliphatic heterocycles. The van der Waals surface area contributed by atoms with Crippen molar-refractivity contribution in [2.75, 3.05) is 0 Å². The molecule has 0 saturated carbocycles. The highest BCUT2D eigenvalue weighted by molar-refractivity contribution is 9.10. The molecule has 0 heterocycles. The molecule has 0 fully saturated rings. The van der Waals surface area contributed by atoms with Crippen molar-refractivity contribution in [3.63, 3.8) is 0 Å². The zero-order valence-corrected chi connectivity index (χ0v) is 22.3. The zero-order chi connectivity index (χ0) is 22.1. The van der Waals surface area contributed by atoms with Gasteiger partial charge < -0.3 is 0 Å². The van der Waals surface area contributed by atoms with E-state index in [1.54, 1.807) is 0 Å². The third-order valence-corrected chi connectivity index (χ3v) is 7.34. The van der Waals surface area contributed by atoms with Crippen LogP contribution in [0.15, 0.2) is 69.6 Å². The van der Waals surface area contributed by atoms with Crippen LogP contribution < -0.4 is 0 Å². The first-order chi connectivity index (χ1) is 15.1. The second kappa shape index (κ2) is 12.2. The maximum Gasteiger partial charge on any atom is 0.0575 e. The summed E-state index contributed by atoms with van der Waals surface area (Å²) in [7, 11) is 0. The smallest absolute Gasteiger partial charge is 0.0575 e. The monoisotopic (exact) mass is 542 g/mol. The van der Waals surface area contributed by atoms with Gasteiger partial charge in [0.25, 0.3) is 0 Å². The molecule has 0 saturated heterocycles. The second-order valence-corrected chi connectivity index (χ2v) is 10.6. The quantitative estimate of drug-likeness (QED) is 0.184. The molecule has 0 nitrogen and oxygen atoms in total. The standard InChI is InChI=1S/C29H36Br2/c1-3-5-7-9-11-13-19-29(20-14-12-10-8-6-4-2)27-21-23(30)15-17-25(27)26-18-16-24(31)22-28(26)29/h13-22H,3-12H2,1-2H3. The molecule has 0 bridgehead atoms. The van der Waals surface area contributed by atoms with Gasteiger partial charge in [-0.2, -0.15) is 0 Å². The molecule has 166 valence electrons. The summed E-state index contributed by atoms with van der Waals surface area (Å²) in [6.45, 7) is 4.55. The Kier molecular flexibility index (Phi) is 9.66. The van der Waals surface area contributed by atoms with Crippen LogP contribution in [-0.4, -0.2) is 0 Å². The molecule has 1 aliphatic rings. The summed E-state index contributed by atoms with van der Waals surface area (Å²) < 4.78 is 2.30. The number of allylic oxidation sites excluding steroid dienone is 4. The van der Waals surface area contributed by atoms with Crippen LogP contribution in [0.5, 0.6) is 0 Å². The molecular formula is C29H36Br2. The minimum atomic E-state index is -0.187. The van der Waals surface area contributed by atoms with Crippen molar-refractivity contribution in [3.05, 3.63) is 80.8 Å². The van der Waals surface area contributed by atoms with Crippen molar-refractivity contribution in [2.24, 2.45) is 0 Å². The van der Waals surface area contributed by atoms with Crippen LogP contribution in [0.25, 0.3) is 11.1 Å². The highest BCUT2D eigenvalue weighted by atomic mass is 79.9. The molecule has 1 aliphatic carbocycles. The van der Waals surface area contributed by atoms with Crippen LogP contribution in [0, 0.1) is 0 Å². The minimum Gasteiger partial charge on any atom is -0.0870 e. The number of benzene rings is 2. The molecule has 0 atom stereocenters. The number of unbranched alkanes of at least 4 members (excludes halogenated alkanes) is 8. The summed E-state index contributed by atoms with van der Waals surface area (Å²) in [5, 5.41) is 0. The van der Waals surface area contributed by atoms with Gasteiger partial charge >= 0.3 is 0 Å². The van der Waals surface area contributed by atoms with Crippen molar-refractivity contribution in [2.45, 2.75) is 83.5 Å². The van der Waals surface area contributed by atoms with Gasteiger partial charge in [0.2, 0.25) is 0 Å². The van der Waals surface area contributed by atoms with E-state index in [0.717, 1.165) is 21.8 Å². The van der Waals surface area contributed by atoms with Gasteiger partial charge in [0.05, 0.1) is 5.41 Å². The fourth-order valence-electron chi connectivity index (χ4n) is 4.66. The van der Waals surface area contributed by atoms with Crippen LogP contribution in [0.3, 0.4) is 0 Å². The zero-order valence-electron chi connectivity index (χ0n) is 19.1. The number of halogens is 2. The van der Waals surface area contributed by atoms with E-state index < -0.39 is 0 Å². The first kappa shape index (κ1) is 24.5. The number of hydrogen-bond acceptors (Lipinski definition) is 0. The lowest BCUT2D eigenvalue weighted by atomic mass is 9.77. The summed E-state index contributed by atoms with van der Waals surface area (Å²) in [6, 6.07) is 13.5. The summed E-state index contributed by atoms with van der Waals surface area (Å²) in [5.41, 5.74) is 5.32. The topological polar surface area (TPSA) is 0 Å². The predicted molar refractivity (Wildman–Crippen MR) is 144 cm³/mol. The Morgan fingerprint density at radius 3 is 1.52 bits per heavy atom. The van der Waals surface area contributed by atoms with E-state index >= 15 is 0 Å². The van der Waals surface area contributed by atoms with E-state index in [1.165, 1.54) is 73.6 Å². The molecular weight excluding hydrogens is 508 g/mol. The average molecular weight is 544 g/mol. The van der Waals surface area contributed by atoms with Crippen molar-refractivity contribution in [1.29, 1.82) is 0 Å². The third-order valence-electron chi connectivity index (χ3n) is 6.35. The molecule has 0 radical (unpaired) electrons. The summed E-state index contributed by atoms with van der Waals surface area (Å²) >= 11 is 7.48. The molecule has 0 aromatic heterocycles. The van der Waals surface area contributed by atoms with E-state index in [1.807, 2.05) is 0 Å². The summed E-state index contributed by atoms with van der Waals surface area (Å²) in [6.07, 6.45) is 22.6. The van der Waals surface area contributed by atoms with Crippen LogP contribution in [0.1, 0.15) is 89.2 Å². The van der Waals surface area contributed by atoms with Crippen LogP contribution in [0.2, 0.25) is 0 Å². The van der Waals surface area contributed by atoms with Gasteiger partial charge in [-0.1, -0.05) is 121 Å². The molecule has 3 rings (SSSR count). The Hall–Kier alpha value is -1.12. The molecule has 0 amide bonds. The first-order valence-electron chi connectivity index (χ1n) is 12.1. The Morgan fingerprint density at radius 2 is 1.10 bits per heavy atom. The van der Waals surface area contributed by atoms with E-state index in [2.05, 4.69) is 106 Å². The molecule has 0 unspecified atom stereocenters. The summed E-state index contributed by atoms with van der Waals surface area (Å²) in [4.78, 5) is 0. The lowest BCUT2D eigenvalue weighted by molar-refractivity contribution is 0.669. The molecule has 2 aromatic rings. The number of fused-ring (bicyclic) bond motifs is 3. The lowest BCUT2D eigenvalue weighted by Crippen LogP contribution is -2.19. The van der Waals surface area contributed by atoms with E-state index in [9.17, 15) is 0 Å². The third kappa shape index (κ3) is 6.02. The van der Waals surface area contributed by atoms with Gasteiger partial charge in [-0.05, 0) is 72.2 Å². The van der Waals surface area contributed by atoms with Crippen molar-refractivity contribution in [1.82, 2.24) is 0 Å². The fourth-order valence-corrected chi connectivity index (χ4v) is 5.39. The van der Waals surface area contributed by atoms with Crippen LogP contribution in [-0.2, 0) is 5.41 Å². The molecule has 2 aromatic carbocycles. The highest BCUT2D eigenvalue weighted by Gasteiger charge is 2.39. The SMILES string of the molecule is CCCCCCC=CC1(C=CCCCCCC)c2cc(Br)ccc2-c2ccc(Br)cc21. The first-order valence-corrected chi connectivity index (χ1v) is 13.7. The van der Waals surface area contributed by atoms with Gasteiger partial charge in [-0.3, -0.25) is 0 Å². The second-order valence-electron chi connectivity index (χ2n) is 8.75. The molecule has 31 heavy (non-hydrogen) atoms. The van der Waals surface area contributed by atoms with Crippen molar-refractivity contribution in [3.8, 4) is 11.1 Å². The Morgan fingerprint density at radius 1 is 0.645 bits per heavy atom. The van der Waals surface area contributed by atoms with Gasteiger partial charge in [-0.25, -0.2) is 0 Å². The predicted octanol–water partition coefficient (Wildman–Crippen LogP) is 10.5. The van der Waals surface area contributed by atoms with E-state index in [0.29, 0.717) is 0 Å². The number of rotatable bonds is 12. The minimum absolute atomic E-state index is 0.187. The highest BCUT2D eigenvalue weighted by Crippen LogP contribution is 2.52. The average Bonchev–Trinajstić information content (AvgIpc) is 3.02. The van der Waals surface area contributed by atoms with Crippen molar-refractivity contribution < 1.29 is 0 Å². The Bertz CT molecular complexity index is 831. The van der Waals surface area contributed by atoms with E-state index in [-0.39, 0.29) is 5.41 Å². The maximum absolute atomic E-state index is 3.74. The van der Waals surface area contributed by atoms with Crippen LogP contribution >= 0.6 is 31.9 Å². The fraction of sp³-hybridized carbons (Fsp3) is 0.448. The summed E-state index contributed by atoms with van der Waals surface area (Å²) in [5.74, 6) is 0. The van der Waals surface area contributed by atoms with Gasteiger partial charge in [-0.15, -0.1) is 0 Å². The normalized spacial score (nSPS) is 14.5. The van der Waals surface area contributed by atoms with Gasteiger partial charge in [0, 0.05) is 8.95 Å². The Labute approximate surface area is 206 Å². The molecule has 0 spiro atoms. The number of hydrogen-bond donors (Lipinski definition) is 0. The largest absolute Gasteiger partial charge is 0.0870 e. The molecule has 2 heteroatoms.